The number of nitrogens with one attached hydrogen (secondary N) is 1. The molecule has 1 N–H and O–H groups in total. The van der Waals surface area contributed by atoms with Crippen LogP contribution in [-0.4, -0.2) is 76.3 Å². The van der Waals surface area contributed by atoms with Gasteiger partial charge in [-0.1, -0.05) is 6.07 Å². The molecule has 146 valence electrons. The Balaban J connectivity index is 1.83. The fraction of sp³-hybridized carbons (Fsp3) is 0.650. The molecule has 2 rings (SSSR count). The lowest BCUT2D eigenvalue weighted by Gasteiger charge is -2.28. The van der Waals surface area contributed by atoms with Crippen LogP contribution in [0.25, 0.3) is 0 Å². The fourth-order valence-electron chi connectivity index (χ4n) is 3.05. The van der Waals surface area contributed by atoms with Crippen molar-refractivity contribution >= 4 is 5.96 Å². The van der Waals surface area contributed by atoms with Gasteiger partial charge < -0.3 is 19.7 Å². The molecule has 6 nitrogen and oxygen atoms in total. The molecule has 0 bridgehead atoms. The van der Waals surface area contributed by atoms with Crippen molar-refractivity contribution in [2.24, 2.45) is 4.99 Å². The third-order valence-corrected chi connectivity index (χ3v) is 5.13. The molecule has 0 radical (unpaired) electrons. The van der Waals surface area contributed by atoms with Crippen molar-refractivity contribution in [2.75, 3.05) is 48.5 Å². The van der Waals surface area contributed by atoms with Crippen molar-refractivity contribution in [3.8, 4) is 11.5 Å². The lowest BCUT2D eigenvalue weighted by molar-refractivity contribution is 0.246. The first-order chi connectivity index (χ1) is 12.5. The molecular formula is C20H34N4O2. The smallest absolute Gasteiger partial charge is 0.193 e. The van der Waals surface area contributed by atoms with Crippen LogP contribution in [0.4, 0.5) is 0 Å². The molecule has 0 amide bonds. The number of hydrogen-bond donors (Lipinski definition) is 1. The summed E-state index contributed by atoms with van der Waals surface area (Å²) in [5, 5.41) is 3.50. The van der Waals surface area contributed by atoms with E-state index in [0.29, 0.717) is 6.04 Å². The second-order valence-electron chi connectivity index (χ2n) is 7.03. The quantitative estimate of drug-likeness (QED) is 0.539. The molecule has 1 aliphatic rings. The molecule has 1 atom stereocenters. The summed E-state index contributed by atoms with van der Waals surface area (Å²) >= 11 is 0. The number of nitrogens with zero attached hydrogens (tertiary/aromatic N) is 3. The normalized spacial score (nSPS) is 15.7. The van der Waals surface area contributed by atoms with Gasteiger partial charge in [-0.25, -0.2) is 0 Å². The van der Waals surface area contributed by atoms with Gasteiger partial charge in [0, 0.05) is 39.3 Å². The molecule has 6 heteroatoms. The van der Waals surface area contributed by atoms with Gasteiger partial charge in [-0.15, -0.1) is 0 Å². The number of benzene rings is 1. The van der Waals surface area contributed by atoms with Gasteiger partial charge in [0.25, 0.3) is 0 Å². The van der Waals surface area contributed by atoms with Gasteiger partial charge in [-0.05, 0) is 50.9 Å². The zero-order valence-electron chi connectivity index (χ0n) is 17.1. The summed E-state index contributed by atoms with van der Waals surface area (Å²) in [5.41, 5.74) is 1.21. The van der Waals surface area contributed by atoms with E-state index in [1.807, 2.05) is 19.2 Å². The van der Waals surface area contributed by atoms with E-state index in [1.54, 1.807) is 14.2 Å². The van der Waals surface area contributed by atoms with Crippen molar-refractivity contribution in [3.63, 3.8) is 0 Å². The summed E-state index contributed by atoms with van der Waals surface area (Å²) in [6.45, 7) is 4.05. The standard InChI is InChI=1S/C20H34N4O2/c1-15(24(4)17-8-9-17)14-22-20(21-2)23(3)12-11-16-7-10-18(25-5)19(13-16)26-6/h7,10,13,15,17H,8-9,11-12,14H2,1-6H3,(H,21,22). The number of likely N-dealkylation sites (N-methyl/N-ethyl adjacent to an activating group) is 2. The van der Waals surface area contributed by atoms with Crippen molar-refractivity contribution in [2.45, 2.75) is 38.3 Å². The van der Waals surface area contributed by atoms with E-state index >= 15 is 0 Å². The lowest BCUT2D eigenvalue weighted by Crippen LogP contribution is -2.46. The molecule has 26 heavy (non-hydrogen) atoms. The molecule has 0 spiro atoms. The maximum absolute atomic E-state index is 5.38. The average molecular weight is 363 g/mol. The Hall–Kier alpha value is -1.95. The molecule has 1 aromatic carbocycles. The number of ether oxygens (including phenoxy) is 2. The van der Waals surface area contributed by atoms with Crippen LogP contribution in [0, 0.1) is 0 Å². The van der Waals surface area contributed by atoms with Crippen LogP contribution in [0.5, 0.6) is 11.5 Å². The van der Waals surface area contributed by atoms with Gasteiger partial charge in [0.15, 0.2) is 17.5 Å². The predicted octanol–water partition coefficient (Wildman–Crippen LogP) is 2.24. The SMILES string of the molecule is CN=C(NCC(C)N(C)C1CC1)N(C)CCc1ccc(OC)c(OC)c1. The van der Waals surface area contributed by atoms with Gasteiger partial charge in [0.2, 0.25) is 0 Å². The Morgan fingerprint density at radius 3 is 2.50 bits per heavy atom. The fourth-order valence-corrected chi connectivity index (χ4v) is 3.05. The van der Waals surface area contributed by atoms with Gasteiger partial charge in [-0.2, -0.15) is 0 Å². The molecule has 1 fully saturated rings. The number of aliphatic imine (C=N–C) groups is 1. The topological polar surface area (TPSA) is 49.3 Å². The summed E-state index contributed by atoms with van der Waals surface area (Å²) < 4.78 is 10.7. The summed E-state index contributed by atoms with van der Waals surface area (Å²) in [6.07, 6.45) is 3.58. The van der Waals surface area contributed by atoms with E-state index < -0.39 is 0 Å². The van der Waals surface area contributed by atoms with Crippen molar-refractivity contribution < 1.29 is 9.47 Å². The Morgan fingerprint density at radius 1 is 1.23 bits per heavy atom. The summed E-state index contributed by atoms with van der Waals surface area (Å²) in [7, 11) is 9.45. The van der Waals surface area contributed by atoms with E-state index in [2.05, 4.69) is 47.2 Å². The second kappa shape index (κ2) is 9.67. The van der Waals surface area contributed by atoms with Gasteiger partial charge in [0.05, 0.1) is 14.2 Å². The highest BCUT2D eigenvalue weighted by molar-refractivity contribution is 5.79. The molecule has 1 aromatic rings. The lowest BCUT2D eigenvalue weighted by atomic mass is 10.1. The molecule has 0 aromatic heterocycles. The van der Waals surface area contributed by atoms with Crippen LogP contribution >= 0.6 is 0 Å². The maximum atomic E-state index is 5.38. The van der Waals surface area contributed by atoms with Gasteiger partial charge in [0.1, 0.15) is 0 Å². The minimum Gasteiger partial charge on any atom is -0.493 e. The van der Waals surface area contributed by atoms with Crippen LogP contribution in [0.1, 0.15) is 25.3 Å². The minimum absolute atomic E-state index is 0.499. The second-order valence-corrected chi connectivity index (χ2v) is 7.03. The third kappa shape index (κ3) is 5.53. The average Bonchev–Trinajstić information content (AvgIpc) is 3.50. The van der Waals surface area contributed by atoms with E-state index in [9.17, 15) is 0 Å². The Labute approximate surface area is 158 Å². The third-order valence-electron chi connectivity index (χ3n) is 5.13. The Morgan fingerprint density at radius 2 is 1.92 bits per heavy atom. The number of hydrogen-bond acceptors (Lipinski definition) is 4. The molecule has 0 aliphatic heterocycles. The first-order valence-electron chi connectivity index (χ1n) is 9.34. The molecular weight excluding hydrogens is 328 g/mol. The van der Waals surface area contributed by atoms with Crippen LogP contribution in [-0.2, 0) is 6.42 Å². The molecule has 0 heterocycles. The van der Waals surface area contributed by atoms with Crippen LogP contribution in [0.3, 0.4) is 0 Å². The largest absolute Gasteiger partial charge is 0.493 e. The van der Waals surface area contributed by atoms with Crippen LogP contribution < -0.4 is 14.8 Å². The highest BCUT2D eigenvalue weighted by Crippen LogP contribution is 2.28. The monoisotopic (exact) mass is 362 g/mol. The maximum Gasteiger partial charge on any atom is 0.193 e. The molecule has 1 aliphatic carbocycles. The van der Waals surface area contributed by atoms with Crippen LogP contribution in [0.2, 0.25) is 0 Å². The van der Waals surface area contributed by atoms with Crippen molar-refractivity contribution in [3.05, 3.63) is 23.8 Å². The summed E-state index contributed by atoms with van der Waals surface area (Å²) in [6, 6.07) is 7.35. The van der Waals surface area contributed by atoms with E-state index in [1.165, 1.54) is 18.4 Å². The summed E-state index contributed by atoms with van der Waals surface area (Å²) in [4.78, 5) is 9.05. The number of rotatable bonds is 9. The molecule has 0 saturated heterocycles. The first-order valence-corrected chi connectivity index (χ1v) is 9.34. The van der Waals surface area contributed by atoms with Gasteiger partial charge >= 0.3 is 0 Å². The molecule has 1 saturated carbocycles. The zero-order valence-corrected chi connectivity index (χ0v) is 17.1. The minimum atomic E-state index is 0.499. The van der Waals surface area contributed by atoms with Crippen molar-refractivity contribution in [1.29, 1.82) is 0 Å². The predicted molar refractivity (Wildman–Crippen MR) is 107 cm³/mol. The zero-order chi connectivity index (χ0) is 19.1. The number of methoxy groups -OCH3 is 2. The highest BCUT2D eigenvalue weighted by Gasteiger charge is 2.29. The van der Waals surface area contributed by atoms with Crippen molar-refractivity contribution in [1.82, 2.24) is 15.1 Å². The van der Waals surface area contributed by atoms with Crippen LogP contribution in [0.15, 0.2) is 23.2 Å². The van der Waals surface area contributed by atoms with E-state index in [-0.39, 0.29) is 0 Å². The highest BCUT2D eigenvalue weighted by atomic mass is 16.5. The Bertz CT molecular complexity index is 601. The number of guanidine groups is 1. The Kier molecular flexibility index (Phi) is 7.57. The van der Waals surface area contributed by atoms with E-state index in [4.69, 9.17) is 9.47 Å². The summed E-state index contributed by atoms with van der Waals surface area (Å²) in [5.74, 6) is 2.46. The van der Waals surface area contributed by atoms with E-state index in [0.717, 1.165) is 43.0 Å². The van der Waals surface area contributed by atoms with Gasteiger partial charge in [-0.3, -0.25) is 9.89 Å². The first kappa shape index (κ1) is 20.4. The molecule has 1 unspecified atom stereocenters.